The molecule has 1 atom stereocenters. The van der Waals surface area contributed by atoms with Crippen molar-refractivity contribution >= 4 is 11.8 Å². The van der Waals surface area contributed by atoms with Crippen LogP contribution in [0.3, 0.4) is 0 Å². The average Bonchev–Trinajstić information content (AvgIpc) is 3.25. The molecule has 26 heavy (non-hydrogen) atoms. The van der Waals surface area contributed by atoms with Crippen LogP contribution in [-0.4, -0.2) is 44.3 Å². The molecule has 3 N–H and O–H groups in total. The Morgan fingerprint density at radius 2 is 2.15 bits per heavy atom. The second kappa shape index (κ2) is 8.07. The number of amides is 2. The molecule has 2 amide bonds. The first kappa shape index (κ1) is 18.0. The number of nitrogens with one attached hydrogen (secondary N) is 3. The third kappa shape index (κ3) is 4.44. The molecule has 0 aromatic carbocycles. The van der Waals surface area contributed by atoms with Gasteiger partial charge in [0, 0.05) is 49.6 Å². The van der Waals surface area contributed by atoms with Gasteiger partial charge in [-0.3, -0.25) is 9.59 Å². The lowest BCUT2D eigenvalue weighted by Gasteiger charge is -2.17. The summed E-state index contributed by atoms with van der Waals surface area (Å²) in [6, 6.07) is -0.643. The third-order valence-electron chi connectivity index (χ3n) is 4.51. The molecule has 2 aromatic heterocycles. The SMILES string of the molecule is CC(=O)N[C@@H](Cc1cnc[nH]1)C(=O)NCCc1nc(C)c2c(n1)CCC2. The van der Waals surface area contributed by atoms with E-state index in [0.29, 0.717) is 19.4 Å². The smallest absolute Gasteiger partial charge is 0.242 e. The van der Waals surface area contributed by atoms with E-state index in [-0.39, 0.29) is 11.8 Å². The van der Waals surface area contributed by atoms with Gasteiger partial charge in [-0.25, -0.2) is 15.0 Å². The van der Waals surface area contributed by atoms with Crippen molar-refractivity contribution in [3.8, 4) is 0 Å². The van der Waals surface area contributed by atoms with E-state index in [1.807, 2.05) is 6.92 Å². The second-order valence-electron chi connectivity index (χ2n) is 6.58. The molecule has 1 aliphatic rings. The maximum absolute atomic E-state index is 12.4. The van der Waals surface area contributed by atoms with Crippen LogP contribution in [0, 0.1) is 6.92 Å². The van der Waals surface area contributed by atoms with Crippen LogP contribution in [0.4, 0.5) is 0 Å². The number of hydrogen-bond acceptors (Lipinski definition) is 5. The largest absolute Gasteiger partial charge is 0.354 e. The molecule has 0 fully saturated rings. The van der Waals surface area contributed by atoms with Gasteiger partial charge in [-0.15, -0.1) is 0 Å². The number of fused-ring (bicyclic) bond motifs is 1. The highest BCUT2D eigenvalue weighted by Gasteiger charge is 2.21. The van der Waals surface area contributed by atoms with Crippen molar-refractivity contribution in [2.24, 2.45) is 0 Å². The van der Waals surface area contributed by atoms with Crippen LogP contribution in [0.5, 0.6) is 0 Å². The Bertz CT molecular complexity index is 787. The van der Waals surface area contributed by atoms with Crippen molar-refractivity contribution in [3.05, 3.63) is 41.0 Å². The summed E-state index contributed by atoms with van der Waals surface area (Å²) in [5, 5.41) is 5.55. The number of aryl methyl sites for hydroxylation is 2. The van der Waals surface area contributed by atoms with Crippen LogP contribution in [-0.2, 0) is 35.3 Å². The molecule has 0 unspecified atom stereocenters. The van der Waals surface area contributed by atoms with Crippen LogP contribution >= 0.6 is 0 Å². The van der Waals surface area contributed by atoms with Gasteiger partial charge in [-0.05, 0) is 31.7 Å². The molecular weight excluding hydrogens is 332 g/mol. The maximum atomic E-state index is 12.4. The standard InChI is InChI=1S/C18H24N6O2/c1-11-14-4-3-5-15(14)24-17(22-11)6-7-20-18(26)16(23-12(2)25)8-13-9-19-10-21-13/h9-10,16H,3-8H2,1-2H3,(H,19,21)(H,20,26)(H,23,25)/t16-/m0/s1. The lowest BCUT2D eigenvalue weighted by molar-refractivity contribution is -0.128. The number of H-pyrrole nitrogens is 1. The monoisotopic (exact) mass is 356 g/mol. The Morgan fingerprint density at radius 1 is 1.31 bits per heavy atom. The topological polar surface area (TPSA) is 113 Å². The Balaban J connectivity index is 1.56. The predicted octanol–water partition coefficient (Wildman–Crippen LogP) is 0.403. The molecule has 3 rings (SSSR count). The maximum Gasteiger partial charge on any atom is 0.242 e. The third-order valence-corrected chi connectivity index (χ3v) is 4.51. The van der Waals surface area contributed by atoms with E-state index in [4.69, 9.17) is 0 Å². The van der Waals surface area contributed by atoms with E-state index in [9.17, 15) is 9.59 Å². The van der Waals surface area contributed by atoms with E-state index in [1.54, 1.807) is 12.5 Å². The van der Waals surface area contributed by atoms with Crippen LogP contribution in [0.2, 0.25) is 0 Å². The summed E-state index contributed by atoms with van der Waals surface area (Å²) in [6.45, 7) is 3.84. The second-order valence-corrected chi connectivity index (χ2v) is 6.58. The highest BCUT2D eigenvalue weighted by Crippen LogP contribution is 2.22. The van der Waals surface area contributed by atoms with Crippen molar-refractivity contribution in [1.82, 2.24) is 30.6 Å². The minimum atomic E-state index is -0.643. The predicted molar refractivity (Wildman–Crippen MR) is 95.4 cm³/mol. The number of imidazole rings is 1. The van der Waals surface area contributed by atoms with Crippen molar-refractivity contribution in [3.63, 3.8) is 0 Å². The fraction of sp³-hybridized carbons (Fsp3) is 0.500. The van der Waals surface area contributed by atoms with Gasteiger partial charge in [0.15, 0.2) is 0 Å². The fourth-order valence-electron chi connectivity index (χ4n) is 3.29. The Morgan fingerprint density at radius 3 is 2.88 bits per heavy atom. The van der Waals surface area contributed by atoms with Crippen LogP contribution in [0.25, 0.3) is 0 Å². The zero-order chi connectivity index (χ0) is 18.5. The number of aromatic amines is 1. The van der Waals surface area contributed by atoms with Crippen molar-refractivity contribution in [2.75, 3.05) is 6.54 Å². The lowest BCUT2D eigenvalue weighted by atomic mass is 10.1. The van der Waals surface area contributed by atoms with Crippen LogP contribution in [0.1, 0.15) is 41.8 Å². The van der Waals surface area contributed by atoms with Crippen molar-refractivity contribution in [2.45, 2.75) is 52.0 Å². The zero-order valence-corrected chi connectivity index (χ0v) is 15.1. The number of aromatic nitrogens is 4. The molecule has 2 aromatic rings. The number of nitrogens with zero attached hydrogens (tertiary/aromatic N) is 3. The fourth-order valence-corrected chi connectivity index (χ4v) is 3.29. The van der Waals surface area contributed by atoms with Gasteiger partial charge < -0.3 is 15.6 Å². The molecule has 0 saturated heterocycles. The molecule has 138 valence electrons. The number of rotatable bonds is 7. The van der Waals surface area contributed by atoms with Gasteiger partial charge in [0.25, 0.3) is 0 Å². The molecular formula is C18H24N6O2. The first-order valence-corrected chi connectivity index (χ1v) is 8.90. The normalized spacial score (nSPS) is 13.9. The molecule has 2 heterocycles. The summed E-state index contributed by atoms with van der Waals surface area (Å²) in [5.74, 6) is 0.281. The number of hydrogen-bond donors (Lipinski definition) is 3. The minimum Gasteiger partial charge on any atom is -0.354 e. The van der Waals surface area contributed by atoms with E-state index >= 15 is 0 Å². The zero-order valence-electron chi connectivity index (χ0n) is 15.1. The van der Waals surface area contributed by atoms with Crippen LogP contribution in [0.15, 0.2) is 12.5 Å². The summed E-state index contributed by atoms with van der Waals surface area (Å²) in [5.41, 5.74) is 4.26. The lowest BCUT2D eigenvalue weighted by Crippen LogP contribution is -2.47. The van der Waals surface area contributed by atoms with Gasteiger partial charge in [0.2, 0.25) is 11.8 Å². The summed E-state index contributed by atoms with van der Waals surface area (Å²) in [7, 11) is 0. The Labute approximate surface area is 152 Å². The summed E-state index contributed by atoms with van der Waals surface area (Å²) in [6.07, 6.45) is 7.32. The van der Waals surface area contributed by atoms with E-state index in [1.165, 1.54) is 12.5 Å². The van der Waals surface area contributed by atoms with E-state index < -0.39 is 6.04 Å². The van der Waals surface area contributed by atoms with Crippen LogP contribution < -0.4 is 10.6 Å². The Kier molecular flexibility index (Phi) is 5.60. The van der Waals surface area contributed by atoms with Gasteiger partial charge in [-0.1, -0.05) is 0 Å². The minimum absolute atomic E-state index is 0.229. The molecule has 0 saturated carbocycles. The summed E-state index contributed by atoms with van der Waals surface area (Å²) < 4.78 is 0. The van der Waals surface area contributed by atoms with Gasteiger partial charge in [0.1, 0.15) is 11.9 Å². The highest BCUT2D eigenvalue weighted by atomic mass is 16.2. The van der Waals surface area contributed by atoms with E-state index in [2.05, 4.69) is 30.6 Å². The summed E-state index contributed by atoms with van der Waals surface area (Å²) in [4.78, 5) is 39.9. The first-order chi connectivity index (χ1) is 12.5. The summed E-state index contributed by atoms with van der Waals surface area (Å²) >= 11 is 0. The van der Waals surface area contributed by atoms with Gasteiger partial charge >= 0.3 is 0 Å². The first-order valence-electron chi connectivity index (χ1n) is 8.90. The van der Waals surface area contributed by atoms with Crippen molar-refractivity contribution in [1.29, 1.82) is 0 Å². The molecule has 0 aliphatic heterocycles. The molecule has 0 spiro atoms. The molecule has 8 heteroatoms. The average molecular weight is 356 g/mol. The molecule has 1 aliphatic carbocycles. The van der Waals surface area contributed by atoms with Crippen molar-refractivity contribution < 1.29 is 9.59 Å². The molecule has 8 nitrogen and oxygen atoms in total. The van der Waals surface area contributed by atoms with Gasteiger partial charge in [0.05, 0.1) is 6.33 Å². The number of carbonyl (C=O) groups excluding carboxylic acids is 2. The van der Waals surface area contributed by atoms with Gasteiger partial charge in [-0.2, -0.15) is 0 Å². The number of carbonyl (C=O) groups is 2. The Hall–Kier alpha value is -2.77. The van der Waals surface area contributed by atoms with E-state index in [0.717, 1.165) is 42.2 Å². The molecule has 0 bridgehead atoms. The quantitative estimate of drug-likeness (QED) is 0.665. The molecule has 0 radical (unpaired) electrons. The highest BCUT2D eigenvalue weighted by molar-refractivity contribution is 5.87.